The number of sulfonamides is 1. The van der Waals surface area contributed by atoms with Crippen molar-refractivity contribution in [1.82, 2.24) is 19.8 Å². The van der Waals surface area contributed by atoms with Gasteiger partial charge in [-0.25, -0.2) is 12.7 Å². The number of amides is 1. The Bertz CT molecular complexity index is 888. The molecule has 8 nitrogen and oxygen atoms in total. The van der Waals surface area contributed by atoms with Crippen molar-refractivity contribution in [2.45, 2.75) is 38.0 Å². The SMILES string of the molecule is Cc1ccc(C(=O)NCCc2nnc(C(C)C)o2)cc1S(=O)(=O)N(C)C. The zero-order chi connectivity index (χ0) is 19.5. The van der Waals surface area contributed by atoms with E-state index >= 15 is 0 Å². The maximum absolute atomic E-state index is 12.4. The molecular formula is C17H24N4O4S. The third-order valence-electron chi connectivity index (χ3n) is 3.81. The minimum absolute atomic E-state index is 0.119. The van der Waals surface area contributed by atoms with Crippen LogP contribution in [0.4, 0.5) is 0 Å². The Labute approximate surface area is 153 Å². The molecule has 0 aliphatic heterocycles. The fourth-order valence-corrected chi connectivity index (χ4v) is 3.35. The average molecular weight is 380 g/mol. The van der Waals surface area contributed by atoms with Crippen LogP contribution in [0.2, 0.25) is 0 Å². The second-order valence-corrected chi connectivity index (χ2v) is 8.58. The van der Waals surface area contributed by atoms with Gasteiger partial charge in [0.25, 0.3) is 5.91 Å². The third-order valence-corrected chi connectivity index (χ3v) is 5.77. The lowest BCUT2D eigenvalue weighted by molar-refractivity contribution is 0.0953. The van der Waals surface area contributed by atoms with Crippen LogP contribution in [0, 0.1) is 6.92 Å². The van der Waals surface area contributed by atoms with Crippen molar-refractivity contribution in [2.75, 3.05) is 20.6 Å². The van der Waals surface area contributed by atoms with Gasteiger partial charge >= 0.3 is 0 Å². The number of nitrogens with one attached hydrogen (secondary N) is 1. The number of benzene rings is 1. The highest BCUT2D eigenvalue weighted by Gasteiger charge is 2.21. The molecule has 26 heavy (non-hydrogen) atoms. The zero-order valence-corrected chi connectivity index (χ0v) is 16.4. The highest BCUT2D eigenvalue weighted by atomic mass is 32.2. The number of aromatic nitrogens is 2. The smallest absolute Gasteiger partial charge is 0.251 e. The van der Waals surface area contributed by atoms with Gasteiger partial charge in [0, 0.05) is 38.5 Å². The molecule has 1 heterocycles. The van der Waals surface area contributed by atoms with Crippen molar-refractivity contribution in [3.05, 3.63) is 41.1 Å². The summed E-state index contributed by atoms with van der Waals surface area (Å²) in [6, 6.07) is 4.62. The molecule has 1 N–H and O–H groups in total. The van der Waals surface area contributed by atoms with Crippen molar-refractivity contribution >= 4 is 15.9 Å². The molecule has 142 valence electrons. The minimum Gasteiger partial charge on any atom is -0.425 e. The summed E-state index contributed by atoms with van der Waals surface area (Å²) in [6.45, 7) is 5.91. The summed E-state index contributed by atoms with van der Waals surface area (Å²) in [6.07, 6.45) is 0.403. The molecule has 1 amide bonds. The molecule has 0 unspecified atom stereocenters. The van der Waals surface area contributed by atoms with E-state index in [0.29, 0.717) is 30.3 Å². The lowest BCUT2D eigenvalue weighted by Gasteiger charge is -2.14. The summed E-state index contributed by atoms with van der Waals surface area (Å²) >= 11 is 0. The van der Waals surface area contributed by atoms with Gasteiger partial charge in [0.1, 0.15) is 0 Å². The fourth-order valence-electron chi connectivity index (χ4n) is 2.20. The zero-order valence-electron chi connectivity index (χ0n) is 15.6. The molecule has 0 radical (unpaired) electrons. The topological polar surface area (TPSA) is 105 Å². The normalized spacial score (nSPS) is 12.0. The molecule has 0 bridgehead atoms. The lowest BCUT2D eigenvalue weighted by Crippen LogP contribution is -2.27. The maximum atomic E-state index is 12.4. The highest BCUT2D eigenvalue weighted by Crippen LogP contribution is 2.20. The Morgan fingerprint density at radius 1 is 1.27 bits per heavy atom. The Morgan fingerprint density at radius 3 is 2.54 bits per heavy atom. The van der Waals surface area contributed by atoms with Gasteiger partial charge in [0.05, 0.1) is 4.90 Å². The second-order valence-electron chi connectivity index (χ2n) is 6.46. The van der Waals surface area contributed by atoms with E-state index in [-0.39, 0.29) is 22.3 Å². The van der Waals surface area contributed by atoms with Gasteiger partial charge in [-0.05, 0) is 24.6 Å². The number of aryl methyl sites for hydroxylation is 1. The number of carbonyl (C=O) groups is 1. The van der Waals surface area contributed by atoms with Gasteiger partial charge in [0.15, 0.2) is 0 Å². The molecule has 0 aliphatic rings. The summed E-state index contributed by atoms with van der Waals surface area (Å²) < 4.78 is 31.3. The molecule has 0 aliphatic carbocycles. The molecule has 0 saturated carbocycles. The van der Waals surface area contributed by atoms with Crippen LogP contribution >= 0.6 is 0 Å². The Hall–Kier alpha value is -2.26. The van der Waals surface area contributed by atoms with Crippen molar-refractivity contribution in [1.29, 1.82) is 0 Å². The van der Waals surface area contributed by atoms with E-state index in [1.54, 1.807) is 19.1 Å². The van der Waals surface area contributed by atoms with Gasteiger partial charge in [0.2, 0.25) is 21.8 Å². The first-order valence-corrected chi connectivity index (χ1v) is 9.70. The largest absolute Gasteiger partial charge is 0.425 e. The van der Waals surface area contributed by atoms with Gasteiger partial charge in [-0.3, -0.25) is 4.79 Å². The first-order chi connectivity index (χ1) is 12.1. The molecule has 1 aromatic heterocycles. The number of nitrogens with zero attached hydrogens (tertiary/aromatic N) is 3. The van der Waals surface area contributed by atoms with Crippen molar-refractivity contribution in [3.63, 3.8) is 0 Å². The van der Waals surface area contributed by atoms with E-state index in [0.717, 1.165) is 4.31 Å². The molecule has 0 spiro atoms. The quantitative estimate of drug-likeness (QED) is 0.784. The summed E-state index contributed by atoms with van der Waals surface area (Å²) in [5.74, 6) is 0.802. The third kappa shape index (κ3) is 4.47. The van der Waals surface area contributed by atoms with Crippen LogP contribution in [-0.2, 0) is 16.4 Å². The summed E-state index contributed by atoms with van der Waals surface area (Å²) in [5, 5.41) is 10.6. The second kappa shape index (κ2) is 7.96. The molecule has 0 atom stereocenters. The first kappa shape index (κ1) is 20.1. The van der Waals surface area contributed by atoms with E-state index in [4.69, 9.17) is 4.42 Å². The number of hydrogen-bond donors (Lipinski definition) is 1. The first-order valence-electron chi connectivity index (χ1n) is 8.26. The minimum atomic E-state index is -3.61. The van der Waals surface area contributed by atoms with Crippen LogP contribution < -0.4 is 5.32 Å². The molecule has 2 rings (SSSR count). The molecule has 9 heteroatoms. The summed E-state index contributed by atoms with van der Waals surface area (Å²) in [4.78, 5) is 12.4. The van der Waals surface area contributed by atoms with Gasteiger partial charge in [-0.15, -0.1) is 10.2 Å². The average Bonchev–Trinajstić information content (AvgIpc) is 3.04. The highest BCUT2D eigenvalue weighted by molar-refractivity contribution is 7.89. The molecular weight excluding hydrogens is 356 g/mol. The summed E-state index contributed by atoms with van der Waals surface area (Å²) in [5.41, 5.74) is 0.867. The molecule has 1 aromatic carbocycles. The van der Waals surface area contributed by atoms with Crippen LogP contribution in [0.3, 0.4) is 0 Å². The van der Waals surface area contributed by atoms with E-state index in [1.807, 2.05) is 13.8 Å². The molecule has 0 saturated heterocycles. The van der Waals surface area contributed by atoms with Gasteiger partial charge < -0.3 is 9.73 Å². The Balaban J connectivity index is 2.05. The maximum Gasteiger partial charge on any atom is 0.251 e. The van der Waals surface area contributed by atoms with Crippen LogP contribution in [0.15, 0.2) is 27.5 Å². The van der Waals surface area contributed by atoms with E-state index in [1.165, 1.54) is 20.2 Å². The van der Waals surface area contributed by atoms with Gasteiger partial charge in [-0.2, -0.15) is 0 Å². The number of rotatable bonds is 7. The van der Waals surface area contributed by atoms with E-state index in [9.17, 15) is 13.2 Å². The van der Waals surface area contributed by atoms with Crippen LogP contribution in [-0.4, -0.2) is 49.5 Å². The Kier molecular flexibility index (Phi) is 6.14. The van der Waals surface area contributed by atoms with Crippen LogP contribution in [0.1, 0.15) is 47.5 Å². The predicted octanol–water partition coefficient (Wildman–Crippen LogP) is 1.72. The van der Waals surface area contributed by atoms with Crippen molar-refractivity contribution < 1.29 is 17.6 Å². The van der Waals surface area contributed by atoms with Crippen molar-refractivity contribution in [3.8, 4) is 0 Å². The standard InChI is InChI=1S/C17H24N4O4S/c1-11(2)17-20-19-15(25-17)8-9-18-16(22)13-7-6-12(3)14(10-13)26(23,24)21(4)5/h6-7,10-11H,8-9H2,1-5H3,(H,18,22). The van der Waals surface area contributed by atoms with Crippen molar-refractivity contribution in [2.24, 2.45) is 0 Å². The number of carbonyl (C=O) groups excluding carboxylic acids is 1. The van der Waals surface area contributed by atoms with Gasteiger partial charge in [-0.1, -0.05) is 19.9 Å². The van der Waals surface area contributed by atoms with Crippen LogP contribution in [0.5, 0.6) is 0 Å². The summed E-state index contributed by atoms with van der Waals surface area (Å²) in [7, 11) is -0.701. The van der Waals surface area contributed by atoms with E-state index < -0.39 is 10.0 Å². The lowest BCUT2D eigenvalue weighted by atomic mass is 10.1. The van der Waals surface area contributed by atoms with E-state index in [2.05, 4.69) is 15.5 Å². The van der Waals surface area contributed by atoms with Crippen LogP contribution in [0.25, 0.3) is 0 Å². The molecule has 0 fully saturated rings. The Morgan fingerprint density at radius 2 is 1.96 bits per heavy atom. The monoisotopic (exact) mass is 380 g/mol. The number of hydrogen-bond acceptors (Lipinski definition) is 6. The fraction of sp³-hybridized carbons (Fsp3) is 0.471. The predicted molar refractivity (Wildman–Crippen MR) is 96.5 cm³/mol. The molecule has 2 aromatic rings.